The molecule has 32 heavy (non-hydrogen) atoms. The third-order valence-electron chi connectivity index (χ3n) is 8.68. The van der Waals surface area contributed by atoms with Gasteiger partial charge in [0, 0.05) is 0 Å². The Morgan fingerprint density at radius 2 is 1.94 bits per heavy atom. The van der Waals surface area contributed by atoms with Crippen LogP contribution in [0.5, 0.6) is 0 Å². The van der Waals surface area contributed by atoms with Gasteiger partial charge in [-0.25, -0.2) is 0 Å². The fraction of sp³-hybridized carbons (Fsp3) is 0.800. The summed E-state index contributed by atoms with van der Waals surface area (Å²) in [4.78, 5) is 0. The molecule has 2 heteroatoms. The Bertz CT molecular complexity index is 705. The van der Waals surface area contributed by atoms with Crippen molar-refractivity contribution in [2.24, 2.45) is 23.2 Å². The zero-order valence-electron chi connectivity index (χ0n) is 22.4. The number of rotatable bonds is 7. The van der Waals surface area contributed by atoms with Crippen LogP contribution in [0.25, 0.3) is 0 Å². The Balaban J connectivity index is 0.00000176. The highest BCUT2D eigenvalue weighted by molar-refractivity contribution is 5.42. The lowest BCUT2D eigenvalue weighted by Gasteiger charge is -2.43. The highest BCUT2D eigenvalue weighted by atomic mass is 16.3. The molecular weight excluding hydrogens is 392 g/mol. The molecule has 0 radical (unpaired) electrons. The van der Waals surface area contributed by atoms with Gasteiger partial charge in [0.05, 0.1) is 11.7 Å². The van der Waals surface area contributed by atoms with Crippen molar-refractivity contribution >= 4 is 0 Å². The maximum Gasteiger partial charge on any atom is 0.0591 e. The van der Waals surface area contributed by atoms with E-state index in [9.17, 15) is 10.2 Å². The first kappa shape index (κ1) is 27.4. The first-order valence-electron chi connectivity index (χ1n) is 13.5. The van der Waals surface area contributed by atoms with Crippen LogP contribution in [0.15, 0.2) is 34.4 Å². The maximum atomic E-state index is 10.2. The second-order valence-electron chi connectivity index (χ2n) is 11.6. The summed E-state index contributed by atoms with van der Waals surface area (Å²) in [6, 6.07) is 0. The molecule has 4 unspecified atom stereocenters. The van der Waals surface area contributed by atoms with Crippen molar-refractivity contribution in [3.05, 3.63) is 34.4 Å². The summed E-state index contributed by atoms with van der Waals surface area (Å²) in [6.07, 6.45) is 16.0. The van der Waals surface area contributed by atoms with E-state index in [1.54, 1.807) is 5.57 Å². The van der Waals surface area contributed by atoms with E-state index in [1.807, 2.05) is 27.7 Å². The Kier molecular flexibility index (Phi) is 9.86. The van der Waals surface area contributed by atoms with Crippen LogP contribution in [0.2, 0.25) is 0 Å². The van der Waals surface area contributed by atoms with Gasteiger partial charge in [0.2, 0.25) is 0 Å². The molecule has 0 saturated heterocycles. The van der Waals surface area contributed by atoms with Gasteiger partial charge in [-0.05, 0) is 119 Å². The summed E-state index contributed by atoms with van der Waals surface area (Å²) in [6.45, 7) is 17.4. The van der Waals surface area contributed by atoms with E-state index in [0.29, 0.717) is 11.3 Å². The van der Waals surface area contributed by atoms with Crippen molar-refractivity contribution in [3.8, 4) is 0 Å². The van der Waals surface area contributed by atoms with Crippen molar-refractivity contribution in [1.29, 1.82) is 0 Å². The summed E-state index contributed by atoms with van der Waals surface area (Å²) in [7, 11) is 0. The minimum atomic E-state index is -0.537. The topological polar surface area (TPSA) is 40.5 Å². The van der Waals surface area contributed by atoms with Crippen molar-refractivity contribution in [3.63, 3.8) is 0 Å². The largest absolute Gasteiger partial charge is 0.393 e. The van der Waals surface area contributed by atoms with Crippen LogP contribution in [0.1, 0.15) is 120 Å². The predicted octanol–water partition coefficient (Wildman–Crippen LogP) is 8.15. The minimum Gasteiger partial charge on any atom is -0.393 e. The number of allylic oxidation sites excluding steroid dienone is 5. The van der Waals surface area contributed by atoms with E-state index in [4.69, 9.17) is 0 Å². The molecule has 3 aliphatic rings. The maximum absolute atomic E-state index is 10.2. The van der Waals surface area contributed by atoms with Gasteiger partial charge in [-0.2, -0.15) is 0 Å². The molecule has 0 heterocycles. The standard InChI is InChI=1S/C28H46O2.C2H6/c1-19-11-12-23(29)18-24(19)21(3)17-22-10-8-16-28(6)25(13-14-26(22)28)20(2)9-7-15-27(4,5)30;1-2/h10,17,20,23,25-26,29-30H,7-9,11-16,18H2,1-6H3;1-2H3/b21-17-;/t20-,23?,25?,26?,28?;/m1./s1. The second-order valence-corrected chi connectivity index (χ2v) is 11.6. The van der Waals surface area contributed by atoms with E-state index in [-0.39, 0.29) is 6.10 Å². The van der Waals surface area contributed by atoms with Gasteiger partial charge in [-0.15, -0.1) is 0 Å². The average Bonchev–Trinajstić information content (AvgIpc) is 3.08. The molecule has 0 aromatic carbocycles. The molecule has 2 nitrogen and oxygen atoms in total. The van der Waals surface area contributed by atoms with Crippen LogP contribution in [0.4, 0.5) is 0 Å². The van der Waals surface area contributed by atoms with Crippen LogP contribution in [-0.2, 0) is 0 Å². The van der Waals surface area contributed by atoms with Crippen LogP contribution >= 0.6 is 0 Å². The van der Waals surface area contributed by atoms with Gasteiger partial charge in [0.25, 0.3) is 0 Å². The molecule has 3 rings (SSSR count). The summed E-state index contributed by atoms with van der Waals surface area (Å²) < 4.78 is 0. The van der Waals surface area contributed by atoms with Crippen molar-refractivity contribution in [2.75, 3.05) is 0 Å². The molecule has 0 aromatic heterocycles. The third kappa shape index (κ3) is 6.60. The molecular formula is C30H52O2. The molecule has 0 aromatic rings. The number of hydrogen-bond donors (Lipinski definition) is 2. The molecule has 2 N–H and O–H groups in total. The molecule has 3 aliphatic carbocycles. The summed E-state index contributed by atoms with van der Waals surface area (Å²) in [5.41, 5.74) is 5.68. The molecule has 0 aliphatic heterocycles. The van der Waals surface area contributed by atoms with Crippen molar-refractivity contribution in [2.45, 2.75) is 131 Å². The number of aliphatic hydroxyl groups is 2. The fourth-order valence-electron chi connectivity index (χ4n) is 6.90. The SMILES string of the molecule is CC.CC1=C(/C(C)=C\C2=CCCC3(C)C2CCC3[C@H](C)CCCC(C)(C)O)CC(O)CC1. The summed E-state index contributed by atoms with van der Waals surface area (Å²) in [5, 5.41) is 20.2. The van der Waals surface area contributed by atoms with Gasteiger partial charge in [0.15, 0.2) is 0 Å². The smallest absolute Gasteiger partial charge is 0.0591 e. The Hall–Kier alpha value is -0.860. The number of aliphatic hydroxyl groups excluding tert-OH is 1. The average molecular weight is 445 g/mol. The first-order valence-corrected chi connectivity index (χ1v) is 13.5. The molecule has 5 atom stereocenters. The van der Waals surface area contributed by atoms with Crippen LogP contribution in [0.3, 0.4) is 0 Å². The number of fused-ring (bicyclic) bond motifs is 1. The van der Waals surface area contributed by atoms with E-state index in [1.165, 1.54) is 48.8 Å². The first-order chi connectivity index (χ1) is 15.0. The van der Waals surface area contributed by atoms with Crippen molar-refractivity contribution < 1.29 is 10.2 Å². The molecule has 1 fully saturated rings. The zero-order valence-corrected chi connectivity index (χ0v) is 22.4. The lowest BCUT2D eigenvalue weighted by Crippen LogP contribution is -2.35. The molecule has 0 bridgehead atoms. The van der Waals surface area contributed by atoms with Crippen LogP contribution in [0, 0.1) is 23.2 Å². The fourth-order valence-corrected chi connectivity index (χ4v) is 6.90. The van der Waals surface area contributed by atoms with Crippen LogP contribution in [-0.4, -0.2) is 21.9 Å². The van der Waals surface area contributed by atoms with E-state index >= 15 is 0 Å². The zero-order chi connectivity index (χ0) is 24.1. The van der Waals surface area contributed by atoms with Gasteiger partial charge in [-0.3, -0.25) is 0 Å². The van der Waals surface area contributed by atoms with Crippen LogP contribution < -0.4 is 0 Å². The van der Waals surface area contributed by atoms with Gasteiger partial charge >= 0.3 is 0 Å². The molecule has 0 spiro atoms. The van der Waals surface area contributed by atoms with E-state index in [0.717, 1.165) is 43.9 Å². The highest BCUT2D eigenvalue weighted by Crippen LogP contribution is 2.59. The molecule has 0 amide bonds. The van der Waals surface area contributed by atoms with Crippen molar-refractivity contribution in [1.82, 2.24) is 0 Å². The Morgan fingerprint density at radius 3 is 2.59 bits per heavy atom. The predicted molar refractivity (Wildman–Crippen MR) is 139 cm³/mol. The highest BCUT2D eigenvalue weighted by Gasteiger charge is 2.49. The monoisotopic (exact) mass is 444 g/mol. The summed E-state index contributed by atoms with van der Waals surface area (Å²) in [5.74, 6) is 2.20. The molecule has 1 saturated carbocycles. The quantitative estimate of drug-likeness (QED) is 0.416. The van der Waals surface area contributed by atoms with Gasteiger partial charge < -0.3 is 10.2 Å². The Morgan fingerprint density at radius 1 is 1.25 bits per heavy atom. The van der Waals surface area contributed by atoms with Gasteiger partial charge in [0.1, 0.15) is 0 Å². The van der Waals surface area contributed by atoms with E-state index < -0.39 is 5.60 Å². The third-order valence-corrected chi connectivity index (χ3v) is 8.68. The normalized spacial score (nSPS) is 32.1. The molecule has 184 valence electrons. The lowest BCUT2D eigenvalue weighted by atomic mass is 9.62. The van der Waals surface area contributed by atoms with E-state index in [2.05, 4.69) is 39.8 Å². The lowest BCUT2D eigenvalue weighted by molar-refractivity contribution is 0.0613. The second kappa shape index (κ2) is 11.5. The Labute approximate surface area is 199 Å². The summed E-state index contributed by atoms with van der Waals surface area (Å²) >= 11 is 0. The number of hydrogen-bond acceptors (Lipinski definition) is 2. The van der Waals surface area contributed by atoms with Gasteiger partial charge in [-0.1, -0.05) is 58.3 Å². The minimum absolute atomic E-state index is 0.168.